The van der Waals surface area contributed by atoms with Gasteiger partial charge in [-0.15, -0.1) is 0 Å². The molecule has 4 nitrogen and oxygen atoms in total. The maximum Gasteiger partial charge on any atom is 0.433 e. The van der Waals surface area contributed by atoms with Gasteiger partial charge in [0.25, 0.3) is 5.91 Å². The Bertz CT molecular complexity index is 419. The highest BCUT2D eigenvalue weighted by molar-refractivity contribution is 5.94. The van der Waals surface area contributed by atoms with E-state index in [4.69, 9.17) is 0 Å². The molecule has 0 aromatic carbocycles. The van der Waals surface area contributed by atoms with Crippen LogP contribution in [0.4, 0.5) is 13.2 Å². The molecule has 1 aromatic rings. The quantitative estimate of drug-likeness (QED) is 0.833. The molecule has 94 valence electrons. The minimum absolute atomic E-state index is 0.00275. The molecule has 0 atom stereocenters. The van der Waals surface area contributed by atoms with Gasteiger partial charge in [0.15, 0.2) is 0 Å². The Labute approximate surface area is 95.8 Å². The highest BCUT2D eigenvalue weighted by Crippen LogP contribution is 2.28. The number of pyridine rings is 1. The Kier molecular flexibility index (Phi) is 4.06. The summed E-state index contributed by atoms with van der Waals surface area (Å²) in [6.45, 7) is 3.26. The van der Waals surface area contributed by atoms with E-state index in [2.05, 4.69) is 15.3 Å². The van der Waals surface area contributed by atoms with E-state index in [0.717, 1.165) is 12.1 Å². The molecule has 7 heteroatoms. The second-order valence-corrected chi connectivity index (χ2v) is 3.19. The van der Waals surface area contributed by atoms with Gasteiger partial charge in [-0.3, -0.25) is 9.63 Å². The van der Waals surface area contributed by atoms with Crippen LogP contribution < -0.4 is 5.48 Å². The number of alkyl halides is 3. The number of carbonyl (C=O) groups excluding carboxylic acids is 1. The molecule has 17 heavy (non-hydrogen) atoms. The third-order valence-electron chi connectivity index (χ3n) is 1.93. The Morgan fingerprint density at radius 3 is 2.59 bits per heavy atom. The smallest absolute Gasteiger partial charge is 0.274 e. The summed E-state index contributed by atoms with van der Waals surface area (Å²) in [6.07, 6.45) is -4.51. The highest BCUT2D eigenvalue weighted by atomic mass is 19.4. The van der Waals surface area contributed by atoms with Crippen molar-refractivity contribution >= 4 is 5.91 Å². The first-order valence-corrected chi connectivity index (χ1v) is 4.83. The predicted octanol–water partition coefficient (Wildman–Crippen LogP) is 2.09. The molecule has 1 amide bonds. The van der Waals surface area contributed by atoms with E-state index in [9.17, 15) is 18.0 Å². The molecule has 0 aliphatic heterocycles. The van der Waals surface area contributed by atoms with Crippen molar-refractivity contribution in [1.29, 1.82) is 0 Å². The monoisotopic (exact) mass is 248 g/mol. The van der Waals surface area contributed by atoms with Gasteiger partial charge in [0.2, 0.25) is 0 Å². The molecule has 0 spiro atoms. The minimum Gasteiger partial charge on any atom is -0.274 e. The number of halogens is 3. The van der Waals surface area contributed by atoms with Crippen LogP contribution in [0.25, 0.3) is 0 Å². The summed E-state index contributed by atoms with van der Waals surface area (Å²) in [6, 6.07) is 1.83. The fraction of sp³-hybridized carbons (Fsp3) is 0.400. The largest absolute Gasteiger partial charge is 0.433 e. The lowest BCUT2D eigenvalue weighted by molar-refractivity contribution is -0.141. The van der Waals surface area contributed by atoms with Crippen LogP contribution in [-0.4, -0.2) is 17.5 Å². The summed E-state index contributed by atoms with van der Waals surface area (Å²) in [5, 5.41) is 0. The lowest BCUT2D eigenvalue weighted by Crippen LogP contribution is -2.25. The van der Waals surface area contributed by atoms with Crippen LogP contribution in [0.1, 0.15) is 28.7 Å². The fourth-order valence-electron chi connectivity index (χ4n) is 1.15. The number of nitrogens with zero attached hydrogens (tertiary/aromatic N) is 1. The van der Waals surface area contributed by atoms with Crippen LogP contribution in [0, 0.1) is 6.92 Å². The van der Waals surface area contributed by atoms with Crippen LogP contribution in [-0.2, 0) is 11.0 Å². The van der Waals surface area contributed by atoms with Crippen molar-refractivity contribution in [1.82, 2.24) is 10.5 Å². The number of hydrogen-bond acceptors (Lipinski definition) is 3. The second kappa shape index (κ2) is 5.13. The molecular weight excluding hydrogens is 237 g/mol. The summed E-state index contributed by atoms with van der Waals surface area (Å²) in [5.74, 6) is -0.620. The van der Waals surface area contributed by atoms with E-state index in [1.165, 1.54) is 6.92 Å². The molecule has 0 fully saturated rings. The van der Waals surface area contributed by atoms with Crippen LogP contribution in [0.5, 0.6) is 0 Å². The molecular formula is C10H11F3N2O2. The number of rotatable bonds is 3. The van der Waals surface area contributed by atoms with Gasteiger partial charge in [-0.05, 0) is 26.0 Å². The van der Waals surface area contributed by atoms with Crippen LogP contribution >= 0.6 is 0 Å². The average molecular weight is 248 g/mol. The van der Waals surface area contributed by atoms with Gasteiger partial charge in [-0.25, -0.2) is 10.5 Å². The highest BCUT2D eigenvalue weighted by Gasteiger charge is 2.33. The lowest BCUT2D eigenvalue weighted by atomic mass is 10.1. The van der Waals surface area contributed by atoms with Crippen LogP contribution in [0.2, 0.25) is 0 Å². The molecule has 0 saturated carbocycles. The molecule has 0 saturated heterocycles. The second-order valence-electron chi connectivity index (χ2n) is 3.19. The topological polar surface area (TPSA) is 51.2 Å². The maximum atomic E-state index is 12.3. The summed E-state index contributed by atoms with van der Waals surface area (Å²) in [5.41, 5.74) is 1.11. The molecule has 1 N–H and O–H groups in total. The Morgan fingerprint density at radius 2 is 2.12 bits per heavy atom. The van der Waals surface area contributed by atoms with Gasteiger partial charge in [0.05, 0.1) is 17.9 Å². The van der Waals surface area contributed by atoms with E-state index in [-0.39, 0.29) is 17.9 Å². The first-order valence-electron chi connectivity index (χ1n) is 4.83. The number of hydrogen-bond donors (Lipinski definition) is 1. The van der Waals surface area contributed by atoms with E-state index in [1.807, 2.05) is 0 Å². The van der Waals surface area contributed by atoms with E-state index < -0.39 is 17.8 Å². The minimum atomic E-state index is -4.51. The Balaban J connectivity index is 2.94. The van der Waals surface area contributed by atoms with E-state index in [1.54, 1.807) is 6.92 Å². The van der Waals surface area contributed by atoms with E-state index in [0.29, 0.717) is 0 Å². The predicted molar refractivity (Wildman–Crippen MR) is 53.1 cm³/mol. The van der Waals surface area contributed by atoms with Gasteiger partial charge < -0.3 is 0 Å². The number of aromatic nitrogens is 1. The van der Waals surface area contributed by atoms with Crippen LogP contribution in [0.15, 0.2) is 12.1 Å². The van der Waals surface area contributed by atoms with Gasteiger partial charge in [0, 0.05) is 0 Å². The third kappa shape index (κ3) is 3.42. The van der Waals surface area contributed by atoms with Crippen molar-refractivity contribution in [2.75, 3.05) is 6.61 Å². The third-order valence-corrected chi connectivity index (χ3v) is 1.93. The fourth-order valence-corrected chi connectivity index (χ4v) is 1.15. The van der Waals surface area contributed by atoms with Gasteiger partial charge >= 0.3 is 6.18 Å². The zero-order valence-corrected chi connectivity index (χ0v) is 9.26. The molecule has 0 radical (unpaired) electrons. The molecule has 0 aliphatic carbocycles. The Morgan fingerprint density at radius 1 is 1.47 bits per heavy atom. The number of nitrogens with one attached hydrogen (secondary N) is 1. The van der Waals surface area contributed by atoms with Gasteiger partial charge in [-0.1, -0.05) is 0 Å². The summed E-state index contributed by atoms with van der Waals surface area (Å²) in [7, 11) is 0. The van der Waals surface area contributed by atoms with Crippen molar-refractivity contribution < 1.29 is 22.8 Å². The SMILES string of the molecule is CCONC(=O)c1ccc(C(F)(F)F)nc1C. The van der Waals surface area contributed by atoms with Crippen molar-refractivity contribution in [3.05, 3.63) is 29.1 Å². The van der Waals surface area contributed by atoms with E-state index >= 15 is 0 Å². The first kappa shape index (κ1) is 13.4. The number of amides is 1. The molecule has 0 aliphatic rings. The normalized spacial score (nSPS) is 11.4. The van der Waals surface area contributed by atoms with Gasteiger partial charge in [0.1, 0.15) is 5.69 Å². The maximum absolute atomic E-state index is 12.3. The lowest BCUT2D eigenvalue weighted by Gasteiger charge is -2.09. The van der Waals surface area contributed by atoms with Crippen molar-refractivity contribution in [3.8, 4) is 0 Å². The van der Waals surface area contributed by atoms with Crippen molar-refractivity contribution in [2.45, 2.75) is 20.0 Å². The molecule has 0 unspecified atom stereocenters. The molecule has 0 bridgehead atoms. The molecule has 1 aromatic heterocycles. The van der Waals surface area contributed by atoms with Crippen molar-refractivity contribution in [2.24, 2.45) is 0 Å². The molecule has 1 rings (SSSR count). The zero-order valence-electron chi connectivity index (χ0n) is 9.26. The number of hydroxylamine groups is 1. The summed E-state index contributed by atoms with van der Waals surface area (Å²) < 4.78 is 36.9. The number of carbonyl (C=O) groups is 1. The van der Waals surface area contributed by atoms with Crippen molar-refractivity contribution in [3.63, 3.8) is 0 Å². The summed E-state index contributed by atoms with van der Waals surface area (Å²) in [4.78, 5) is 19.4. The van der Waals surface area contributed by atoms with Crippen LogP contribution in [0.3, 0.4) is 0 Å². The zero-order chi connectivity index (χ0) is 13.1. The average Bonchev–Trinajstić information content (AvgIpc) is 2.24. The number of aryl methyl sites for hydroxylation is 1. The van der Waals surface area contributed by atoms with Gasteiger partial charge in [-0.2, -0.15) is 13.2 Å². The standard InChI is InChI=1S/C10H11F3N2O2/c1-3-17-15-9(16)7-4-5-8(10(11,12)13)14-6(7)2/h4-5H,3H2,1-2H3,(H,15,16). The molecule has 1 heterocycles. The summed E-state index contributed by atoms with van der Waals surface area (Å²) >= 11 is 0. The Hall–Kier alpha value is -1.63. The first-order chi connectivity index (χ1) is 7.86.